The topological polar surface area (TPSA) is 59.4 Å². The summed E-state index contributed by atoms with van der Waals surface area (Å²) < 4.78 is 7.13. The van der Waals surface area contributed by atoms with E-state index in [9.17, 15) is 4.79 Å². The van der Waals surface area contributed by atoms with E-state index in [4.69, 9.17) is 4.74 Å². The van der Waals surface area contributed by atoms with Crippen LogP contribution in [0.3, 0.4) is 0 Å². The second-order valence-corrected chi connectivity index (χ2v) is 5.75. The Morgan fingerprint density at radius 3 is 3.00 bits per heavy atom. The largest absolute Gasteiger partial charge is 0.380 e. The van der Waals surface area contributed by atoms with Gasteiger partial charge in [0.05, 0.1) is 6.61 Å². The van der Waals surface area contributed by atoms with Gasteiger partial charge >= 0.3 is 0 Å². The first-order chi connectivity index (χ1) is 11.2. The molecule has 1 atom stereocenters. The van der Waals surface area contributed by atoms with E-state index in [0.29, 0.717) is 25.3 Å². The summed E-state index contributed by atoms with van der Waals surface area (Å²) in [6.07, 6.45) is 3.68. The normalized spacial score (nSPS) is 17.4. The van der Waals surface area contributed by atoms with E-state index in [-0.39, 0.29) is 24.4 Å². The van der Waals surface area contributed by atoms with Crippen molar-refractivity contribution in [3.8, 4) is 0 Å². The zero-order chi connectivity index (χ0) is 16.2. The smallest absolute Gasteiger partial charge is 0.254 e. The van der Waals surface area contributed by atoms with Gasteiger partial charge in [0.2, 0.25) is 0 Å². The van der Waals surface area contributed by atoms with Crippen LogP contribution >= 0.6 is 12.4 Å². The highest BCUT2D eigenvalue weighted by atomic mass is 35.5. The van der Waals surface area contributed by atoms with Crippen LogP contribution in [-0.2, 0) is 18.4 Å². The molecule has 1 aliphatic rings. The maximum atomic E-state index is 13.0. The average molecular weight is 351 g/mol. The maximum absolute atomic E-state index is 13.0. The Balaban J connectivity index is 0.00000208. The molecule has 0 radical (unpaired) electrons. The molecule has 0 spiro atoms. The van der Waals surface area contributed by atoms with Crippen molar-refractivity contribution in [2.45, 2.75) is 12.6 Å². The van der Waals surface area contributed by atoms with E-state index in [1.54, 1.807) is 13.3 Å². The number of rotatable bonds is 4. The minimum Gasteiger partial charge on any atom is -0.380 e. The molecule has 1 fully saturated rings. The lowest BCUT2D eigenvalue weighted by atomic mass is 10.1. The molecule has 7 heteroatoms. The summed E-state index contributed by atoms with van der Waals surface area (Å²) in [5.41, 5.74) is 1.70. The summed E-state index contributed by atoms with van der Waals surface area (Å²) in [6, 6.07) is 7.58. The van der Waals surface area contributed by atoms with Gasteiger partial charge in [-0.2, -0.15) is 0 Å². The molecule has 1 saturated heterocycles. The highest BCUT2D eigenvalue weighted by Gasteiger charge is 2.31. The summed E-state index contributed by atoms with van der Waals surface area (Å²) in [5, 5.41) is 3.35. The van der Waals surface area contributed by atoms with Gasteiger partial charge in [0, 0.05) is 51.7 Å². The van der Waals surface area contributed by atoms with Crippen molar-refractivity contribution in [3.05, 3.63) is 53.6 Å². The molecular weight excluding hydrogens is 328 g/mol. The van der Waals surface area contributed by atoms with Gasteiger partial charge in [-0.3, -0.25) is 4.79 Å². The van der Waals surface area contributed by atoms with Gasteiger partial charge in [-0.05, 0) is 17.7 Å². The van der Waals surface area contributed by atoms with Crippen LogP contribution in [-0.4, -0.2) is 47.1 Å². The summed E-state index contributed by atoms with van der Waals surface area (Å²) in [4.78, 5) is 19.3. The standard InChI is InChI=1S/C17H22N4O2.ClH/c1-20-8-7-19-16(20)15-11-18-6-9-21(15)17(22)14-5-3-4-13(10-14)12-23-2;/h3-5,7-8,10,15,18H,6,9,11-12H2,1-2H3;1H. The van der Waals surface area contributed by atoms with E-state index < -0.39 is 0 Å². The van der Waals surface area contributed by atoms with Gasteiger partial charge in [0.1, 0.15) is 11.9 Å². The fourth-order valence-electron chi connectivity index (χ4n) is 3.00. The summed E-state index contributed by atoms with van der Waals surface area (Å²) >= 11 is 0. The number of ether oxygens (including phenoxy) is 1. The number of imidazole rings is 1. The molecule has 1 aliphatic heterocycles. The third-order valence-electron chi connectivity index (χ3n) is 4.15. The number of carbonyl (C=O) groups is 1. The van der Waals surface area contributed by atoms with Crippen molar-refractivity contribution < 1.29 is 9.53 Å². The Hall–Kier alpha value is -1.89. The van der Waals surface area contributed by atoms with Crippen LogP contribution in [0.25, 0.3) is 0 Å². The number of hydrogen-bond acceptors (Lipinski definition) is 4. The molecule has 1 aromatic heterocycles. The molecule has 0 bridgehead atoms. The molecule has 2 aromatic rings. The second kappa shape index (κ2) is 8.28. The molecule has 1 unspecified atom stereocenters. The maximum Gasteiger partial charge on any atom is 0.254 e. The molecule has 0 aliphatic carbocycles. The molecular formula is C17H23ClN4O2. The molecule has 130 valence electrons. The van der Waals surface area contributed by atoms with E-state index in [1.807, 2.05) is 47.0 Å². The SMILES string of the molecule is COCc1cccc(C(=O)N2CCNCC2c2nccn2C)c1.Cl. The zero-order valence-corrected chi connectivity index (χ0v) is 14.8. The van der Waals surface area contributed by atoms with Crippen LogP contribution in [0.5, 0.6) is 0 Å². The quantitative estimate of drug-likeness (QED) is 0.913. The van der Waals surface area contributed by atoms with E-state index >= 15 is 0 Å². The molecule has 3 rings (SSSR count). The number of piperazine rings is 1. The van der Waals surface area contributed by atoms with Gasteiger partial charge in [-0.1, -0.05) is 12.1 Å². The van der Waals surface area contributed by atoms with Crippen LogP contribution in [0.1, 0.15) is 27.8 Å². The number of carbonyl (C=O) groups excluding carboxylic acids is 1. The van der Waals surface area contributed by atoms with Gasteiger partial charge in [-0.15, -0.1) is 12.4 Å². The van der Waals surface area contributed by atoms with Crippen molar-refractivity contribution in [1.82, 2.24) is 19.8 Å². The highest BCUT2D eigenvalue weighted by Crippen LogP contribution is 2.23. The van der Waals surface area contributed by atoms with Crippen LogP contribution in [0.4, 0.5) is 0 Å². The third kappa shape index (κ3) is 3.77. The summed E-state index contributed by atoms with van der Waals surface area (Å²) in [7, 11) is 3.61. The number of aromatic nitrogens is 2. The Kier molecular flexibility index (Phi) is 6.36. The van der Waals surface area contributed by atoms with Gasteiger partial charge in [0.15, 0.2) is 0 Å². The second-order valence-electron chi connectivity index (χ2n) is 5.75. The van der Waals surface area contributed by atoms with Gasteiger partial charge in [0.25, 0.3) is 5.91 Å². The van der Waals surface area contributed by atoms with E-state index in [0.717, 1.165) is 17.9 Å². The monoisotopic (exact) mass is 350 g/mol. The Morgan fingerprint density at radius 2 is 2.29 bits per heavy atom. The van der Waals surface area contributed by atoms with Crippen LogP contribution < -0.4 is 5.32 Å². The predicted octanol–water partition coefficient (Wildman–Crippen LogP) is 1.77. The highest BCUT2D eigenvalue weighted by molar-refractivity contribution is 5.94. The number of methoxy groups -OCH3 is 1. The summed E-state index contributed by atoms with van der Waals surface area (Å²) in [5.74, 6) is 0.941. The van der Waals surface area contributed by atoms with Gasteiger partial charge < -0.3 is 19.5 Å². The molecule has 1 N–H and O–H groups in total. The fraction of sp³-hybridized carbons (Fsp3) is 0.412. The molecule has 2 heterocycles. The number of aryl methyl sites for hydroxylation is 1. The zero-order valence-electron chi connectivity index (χ0n) is 13.9. The molecule has 1 aromatic carbocycles. The first kappa shape index (κ1) is 18.4. The van der Waals surface area contributed by atoms with Crippen LogP contribution in [0, 0.1) is 0 Å². The van der Waals surface area contributed by atoms with Gasteiger partial charge in [-0.25, -0.2) is 4.98 Å². The minimum atomic E-state index is -0.0534. The number of hydrogen-bond donors (Lipinski definition) is 1. The van der Waals surface area contributed by atoms with Crippen molar-refractivity contribution in [3.63, 3.8) is 0 Å². The Morgan fingerprint density at radius 1 is 1.46 bits per heavy atom. The first-order valence-corrected chi connectivity index (χ1v) is 7.77. The Bertz CT molecular complexity index is 689. The third-order valence-corrected chi connectivity index (χ3v) is 4.15. The number of nitrogens with zero attached hydrogens (tertiary/aromatic N) is 3. The van der Waals surface area contributed by atoms with Crippen LogP contribution in [0.2, 0.25) is 0 Å². The molecule has 24 heavy (non-hydrogen) atoms. The molecule has 1 amide bonds. The minimum absolute atomic E-state index is 0. The van der Waals surface area contributed by atoms with Crippen LogP contribution in [0.15, 0.2) is 36.7 Å². The lowest BCUT2D eigenvalue weighted by molar-refractivity contribution is 0.0620. The molecule has 0 saturated carbocycles. The van der Waals surface area contributed by atoms with Crippen molar-refractivity contribution in [1.29, 1.82) is 0 Å². The first-order valence-electron chi connectivity index (χ1n) is 7.77. The van der Waals surface area contributed by atoms with E-state index in [1.165, 1.54) is 0 Å². The average Bonchev–Trinajstić information content (AvgIpc) is 3.01. The van der Waals surface area contributed by atoms with Crippen molar-refractivity contribution in [2.75, 3.05) is 26.7 Å². The lowest BCUT2D eigenvalue weighted by Crippen LogP contribution is -2.49. The lowest BCUT2D eigenvalue weighted by Gasteiger charge is -2.35. The van der Waals surface area contributed by atoms with Crippen molar-refractivity contribution >= 4 is 18.3 Å². The number of benzene rings is 1. The number of halogens is 1. The number of nitrogens with one attached hydrogen (secondary N) is 1. The van der Waals surface area contributed by atoms with E-state index in [2.05, 4.69) is 10.3 Å². The number of amides is 1. The van der Waals surface area contributed by atoms with Crippen molar-refractivity contribution in [2.24, 2.45) is 7.05 Å². The fourth-order valence-corrected chi connectivity index (χ4v) is 3.00. The Labute approximate surface area is 148 Å². The molecule has 6 nitrogen and oxygen atoms in total. The summed E-state index contributed by atoms with van der Waals surface area (Å²) in [6.45, 7) is 2.69. The predicted molar refractivity (Wildman–Crippen MR) is 94.3 cm³/mol.